The highest BCUT2D eigenvalue weighted by Gasteiger charge is 2.13. The van der Waals surface area contributed by atoms with Crippen LogP contribution in [0.15, 0.2) is 48.9 Å². The number of nitrogens with zero attached hydrogens (tertiary/aromatic N) is 5. The van der Waals surface area contributed by atoms with Crippen LogP contribution >= 0.6 is 11.3 Å². The molecular weight excluding hydrogens is 344 g/mol. The van der Waals surface area contributed by atoms with E-state index in [0.29, 0.717) is 11.5 Å². The smallest absolute Gasteiger partial charge is 0.181 e. The van der Waals surface area contributed by atoms with Crippen molar-refractivity contribution in [3.8, 4) is 11.5 Å². The summed E-state index contributed by atoms with van der Waals surface area (Å²) in [6, 6.07) is 12.3. The minimum Gasteiger partial charge on any atom is -0.368 e. The summed E-state index contributed by atoms with van der Waals surface area (Å²) in [6.07, 6.45) is 5.24. The summed E-state index contributed by atoms with van der Waals surface area (Å²) in [7, 11) is 0. The second-order valence-electron chi connectivity index (χ2n) is 5.89. The van der Waals surface area contributed by atoms with Gasteiger partial charge in [0.25, 0.3) is 0 Å². The van der Waals surface area contributed by atoms with Crippen LogP contribution < -0.4 is 5.32 Å². The van der Waals surface area contributed by atoms with Crippen LogP contribution in [0, 0.1) is 6.92 Å². The molecule has 0 spiro atoms. The fraction of sp³-hybridized carbons (Fsp3) is 0.211. The van der Waals surface area contributed by atoms with E-state index in [2.05, 4.69) is 54.5 Å². The molecule has 0 amide bonds. The van der Waals surface area contributed by atoms with Gasteiger partial charge in [-0.25, -0.2) is 24.9 Å². The van der Waals surface area contributed by atoms with Crippen LogP contribution in [0.25, 0.3) is 21.9 Å². The van der Waals surface area contributed by atoms with Crippen LogP contribution in [0.1, 0.15) is 17.0 Å². The maximum atomic E-state index is 4.66. The molecule has 0 aliphatic carbocycles. The van der Waals surface area contributed by atoms with Crippen molar-refractivity contribution in [2.75, 3.05) is 11.9 Å². The number of hydrogen-bond donors (Lipinski definition) is 1. The Labute approximate surface area is 155 Å². The fourth-order valence-electron chi connectivity index (χ4n) is 2.73. The van der Waals surface area contributed by atoms with Crippen LogP contribution in [0.4, 0.5) is 5.82 Å². The Morgan fingerprint density at radius 1 is 1.04 bits per heavy atom. The summed E-state index contributed by atoms with van der Waals surface area (Å²) in [5.41, 5.74) is 2.87. The van der Waals surface area contributed by atoms with Gasteiger partial charge in [0.1, 0.15) is 22.4 Å². The standard InChI is InChI=1S/C19H18N6S/c1-13-23-16-18(21-10-5-8-14-6-3-2-4-7-14)24-17(25-19(16)26-13)15-9-11-20-12-22-15/h2-4,6-7,9,11-12H,5,8,10H2,1H3,(H,21,24,25). The molecule has 3 aromatic heterocycles. The number of aromatic nitrogens is 5. The van der Waals surface area contributed by atoms with Crippen LogP contribution in [0.5, 0.6) is 0 Å². The van der Waals surface area contributed by atoms with Crippen molar-refractivity contribution in [1.82, 2.24) is 24.9 Å². The number of fused-ring (bicyclic) bond motifs is 1. The molecule has 0 atom stereocenters. The maximum Gasteiger partial charge on any atom is 0.181 e. The summed E-state index contributed by atoms with van der Waals surface area (Å²) < 4.78 is 0. The quantitative estimate of drug-likeness (QED) is 0.524. The first-order valence-electron chi connectivity index (χ1n) is 8.49. The molecule has 7 heteroatoms. The Morgan fingerprint density at radius 3 is 2.73 bits per heavy atom. The van der Waals surface area contributed by atoms with Gasteiger partial charge in [0.15, 0.2) is 11.6 Å². The molecule has 1 N–H and O–H groups in total. The molecule has 1 aromatic carbocycles. The highest BCUT2D eigenvalue weighted by atomic mass is 32.1. The van der Waals surface area contributed by atoms with E-state index in [1.807, 2.05) is 19.1 Å². The van der Waals surface area contributed by atoms with E-state index in [1.165, 1.54) is 11.9 Å². The molecule has 0 aliphatic rings. The van der Waals surface area contributed by atoms with Gasteiger partial charge in [0, 0.05) is 12.7 Å². The van der Waals surface area contributed by atoms with E-state index in [4.69, 9.17) is 0 Å². The van der Waals surface area contributed by atoms with E-state index < -0.39 is 0 Å². The van der Waals surface area contributed by atoms with Crippen LogP contribution in [-0.4, -0.2) is 31.5 Å². The number of thiazole rings is 1. The molecule has 0 fully saturated rings. The SMILES string of the molecule is Cc1nc2c(NCCCc3ccccc3)nc(-c3ccncn3)nc2s1. The van der Waals surface area contributed by atoms with Crippen molar-refractivity contribution in [3.05, 3.63) is 59.5 Å². The van der Waals surface area contributed by atoms with E-state index in [-0.39, 0.29) is 0 Å². The van der Waals surface area contributed by atoms with Gasteiger partial charge in [-0.1, -0.05) is 41.7 Å². The molecule has 4 rings (SSSR count). The molecule has 0 unspecified atom stereocenters. The van der Waals surface area contributed by atoms with Crippen molar-refractivity contribution in [3.63, 3.8) is 0 Å². The second-order valence-corrected chi connectivity index (χ2v) is 7.07. The predicted octanol–water partition coefficient (Wildman–Crippen LogP) is 3.90. The lowest BCUT2D eigenvalue weighted by molar-refractivity contribution is 0.859. The Hall–Kier alpha value is -2.93. The molecule has 6 nitrogen and oxygen atoms in total. The summed E-state index contributed by atoms with van der Waals surface area (Å²) in [6.45, 7) is 2.80. The first-order chi connectivity index (χ1) is 12.8. The van der Waals surface area contributed by atoms with Gasteiger partial charge < -0.3 is 5.32 Å². The molecule has 0 saturated carbocycles. The first-order valence-corrected chi connectivity index (χ1v) is 9.30. The number of aryl methyl sites for hydroxylation is 2. The Bertz CT molecular complexity index is 1000. The number of nitrogens with one attached hydrogen (secondary N) is 1. The number of rotatable bonds is 6. The normalized spacial score (nSPS) is 11.0. The average molecular weight is 362 g/mol. The zero-order chi connectivity index (χ0) is 17.8. The second kappa shape index (κ2) is 7.53. The zero-order valence-corrected chi connectivity index (χ0v) is 15.2. The Morgan fingerprint density at radius 2 is 1.92 bits per heavy atom. The van der Waals surface area contributed by atoms with Crippen molar-refractivity contribution < 1.29 is 0 Å². The van der Waals surface area contributed by atoms with Crippen molar-refractivity contribution in [2.45, 2.75) is 19.8 Å². The van der Waals surface area contributed by atoms with Crippen molar-refractivity contribution in [2.24, 2.45) is 0 Å². The molecule has 0 saturated heterocycles. The molecule has 26 heavy (non-hydrogen) atoms. The van der Waals surface area contributed by atoms with E-state index >= 15 is 0 Å². The minimum absolute atomic E-state index is 0.592. The zero-order valence-electron chi connectivity index (χ0n) is 14.4. The Kier molecular flexibility index (Phi) is 4.79. The monoisotopic (exact) mass is 362 g/mol. The number of anilines is 1. The van der Waals surface area contributed by atoms with Gasteiger partial charge in [-0.05, 0) is 31.4 Å². The Balaban J connectivity index is 1.55. The van der Waals surface area contributed by atoms with E-state index in [1.54, 1.807) is 17.5 Å². The van der Waals surface area contributed by atoms with Crippen LogP contribution in [0.2, 0.25) is 0 Å². The number of benzene rings is 1. The molecule has 130 valence electrons. The third-order valence-corrected chi connectivity index (χ3v) is 4.82. The van der Waals surface area contributed by atoms with Gasteiger partial charge in [-0.2, -0.15) is 0 Å². The van der Waals surface area contributed by atoms with Gasteiger partial charge >= 0.3 is 0 Å². The van der Waals surface area contributed by atoms with Gasteiger partial charge in [-0.15, -0.1) is 0 Å². The molecule has 4 aromatic rings. The first kappa shape index (κ1) is 16.5. The summed E-state index contributed by atoms with van der Waals surface area (Å²) in [4.78, 5) is 23.0. The van der Waals surface area contributed by atoms with Gasteiger partial charge in [-0.3, -0.25) is 0 Å². The lowest BCUT2D eigenvalue weighted by Crippen LogP contribution is -2.07. The van der Waals surface area contributed by atoms with Gasteiger partial charge in [0.05, 0.1) is 5.01 Å². The van der Waals surface area contributed by atoms with Crippen LogP contribution in [0.3, 0.4) is 0 Å². The minimum atomic E-state index is 0.592. The van der Waals surface area contributed by atoms with Crippen LogP contribution in [-0.2, 0) is 6.42 Å². The third kappa shape index (κ3) is 3.67. The third-order valence-electron chi connectivity index (χ3n) is 3.95. The summed E-state index contributed by atoms with van der Waals surface area (Å²) in [5.74, 6) is 1.36. The lowest BCUT2D eigenvalue weighted by atomic mass is 10.1. The highest BCUT2D eigenvalue weighted by Crippen LogP contribution is 2.27. The number of hydrogen-bond acceptors (Lipinski definition) is 7. The van der Waals surface area contributed by atoms with Gasteiger partial charge in [0.2, 0.25) is 0 Å². The molecule has 3 heterocycles. The molecule has 0 bridgehead atoms. The predicted molar refractivity (Wildman–Crippen MR) is 104 cm³/mol. The molecule has 0 radical (unpaired) electrons. The molecule has 0 aliphatic heterocycles. The fourth-order valence-corrected chi connectivity index (χ4v) is 3.52. The van der Waals surface area contributed by atoms with E-state index in [0.717, 1.165) is 40.6 Å². The topological polar surface area (TPSA) is 76.5 Å². The highest BCUT2D eigenvalue weighted by molar-refractivity contribution is 7.18. The largest absolute Gasteiger partial charge is 0.368 e. The average Bonchev–Trinajstić information content (AvgIpc) is 3.07. The summed E-state index contributed by atoms with van der Waals surface area (Å²) in [5, 5.41) is 4.40. The van der Waals surface area contributed by atoms with Crippen molar-refractivity contribution >= 4 is 27.5 Å². The maximum absolute atomic E-state index is 4.66. The van der Waals surface area contributed by atoms with E-state index in [9.17, 15) is 0 Å². The molecular formula is C19H18N6S. The van der Waals surface area contributed by atoms with Crippen molar-refractivity contribution in [1.29, 1.82) is 0 Å². The summed E-state index contributed by atoms with van der Waals surface area (Å²) >= 11 is 1.57. The lowest BCUT2D eigenvalue weighted by Gasteiger charge is -2.08.